The van der Waals surface area contributed by atoms with E-state index in [4.69, 9.17) is 0 Å². The summed E-state index contributed by atoms with van der Waals surface area (Å²) in [5.41, 5.74) is 0.400. The van der Waals surface area contributed by atoms with E-state index in [0.717, 1.165) is 0 Å². The quantitative estimate of drug-likeness (QED) is 0.487. The Kier molecular flexibility index (Phi) is 2.28. The lowest BCUT2D eigenvalue weighted by molar-refractivity contribution is 0.0772. The maximum absolute atomic E-state index is 10.7. The molecule has 0 aliphatic rings. The molecule has 1 aromatic heterocycles. The zero-order valence-electron chi connectivity index (χ0n) is 5.02. The Hall–Kier alpha value is -1.03. The van der Waals surface area contributed by atoms with Gasteiger partial charge in [-0.25, -0.2) is 4.79 Å². The van der Waals surface area contributed by atoms with Crippen LogP contribution in [0, 0.1) is 0 Å². The molecule has 52 valence electrons. The minimum Gasteiger partial charge on any atom is -0.391 e. The van der Waals surface area contributed by atoms with Crippen LogP contribution < -0.4 is 0 Å². The van der Waals surface area contributed by atoms with Crippen LogP contribution in [0.2, 0.25) is 0 Å². The van der Waals surface area contributed by atoms with Crippen LogP contribution in [0.5, 0.6) is 0 Å². The van der Waals surface area contributed by atoms with Crippen molar-refractivity contribution < 1.29 is 8.98 Å². The molecule has 0 unspecified atom stereocenters. The Morgan fingerprint density at radius 2 is 2.50 bits per heavy atom. The zero-order chi connectivity index (χ0) is 7.40. The number of carbonyl (C=O) groups is 1. The van der Waals surface area contributed by atoms with Gasteiger partial charge in [0.05, 0.1) is 5.56 Å². The monoisotopic (exact) mass is 155 g/mol. The Labute approximate surface area is 63.7 Å². The van der Waals surface area contributed by atoms with Crippen molar-refractivity contribution >= 4 is 18.9 Å². The van der Waals surface area contributed by atoms with Gasteiger partial charge >= 0.3 is 5.97 Å². The van der Waals surface area contributed by atoms with Crippen molar-refractivity contribution in [3.05, 3.63) is 30.1 Å². The molecule has 1 rings (SSSR count). The molecule has 0 saturated heterocycles. The zero-order valence-corrected chi connectivity index (χ0v) is 5.91. The van der Waals surface area contributed by atoms with Gasteiger partial charge in [-0.05, 0) is 12.1 Å². The van der Waals surface area contributed by atoms with E-state index in [0.29, 0.717) is 5.56 Å². The first-order valence-electron chi connectivity index (χ1n) is 2.60. The topological polar surface area (TPSA) is 39.2 Å². The van der Waals surface area contributed by atoms with Crippen molar-refractivity contribution in [3.8, 4) is 0 Å². The molecule has 0 radical (unpaired) electrons. The van der Waals surface area contributed by atoms with E-state index >= 15 is 0 Å². The molecule has 1 aromatic rings. The number of hydrogen-bond acceptors (Lipinski definition) is 4. The number of rotatable bonds is 1. The molecule has 0 fully saturated rings. The fraction of sp³-hybridized carbons (Fsp3) is 0. The number of aromatic nitrogens is 1. The van der Waals surface area contributed by atoms with Gasteiger partial charge in [0.2, 0.25) is 0 Å². The average Bonchev–Trinajstić information content (AvgIpc) is 2.05. The fourth-order valence-corrected chi connectivity index (χ4v) is 0.642. The van der Waals surface area contributed by atoms with Gasteiger partial charge in [-0.15, -0.1) is 0 Å². The summed E-state index contributed by atoms with van der Waals surface area (Å²) in [7, 11) is 0. The van der Waals surface area contributed by atoms with Crippen LogP contribution >= 0.6 is 12.9 Å². The Balaban J connectivity index is 2.85. The standard InChI is InChI=1S/C6H5NO2S/c8-6(9-10)5-2-1-3-7-4-5/h1-4,10H. The molecule has 0 N–H and O–H groups in total. The number of hydrogen-bond donors (Lipinski definition) is 1. The highest BCUT2D eigenvalue weighted by Gasteiger charge is 2.02. The molecule has 4 heteroatoms. The predicted octanol–water partition coefficient (Wildman–Crippen LogP) is 1.08. The predicted molar refractivity (Wildman–Crippen MR) is 38.6 cm³/mol. The van der Waals surface area contributed by atoms with E-state index < -0.39 is 5.97 Å². The smallest absolute Gasteiger partial charge is 0.351 e. The maximum atomic E-state index is 10.7. The Bertz CT molecular complexity index is 224. The van der Waals surface area contributed by atoms with Gasteiger partial charge in [-0.2, -0.15) is 0 Å². The molecule has 0 saturated carbocycles. The van der Waals surface area contributed by atoms with Crippen LogP contribution in [0.1, 0.15) is 10.4 Å². The van der Waals surface area contributed by atoms with Crippen LogP contribution in [-0.2, 0) is 4.18 Å². The lowest BCUT2D eigenvalue weighted by atomic mass is 10.3. The molecular formula is C6H5NO2S. The van der Waals surface area contributed by atoms with E-state index in [1.807, 2.05) is 0 Å². The highest BCUT2D eigenvalue weighted by atomic mass is 32.1. The number of thiol groups is 1. The summed E-state index contributed by atoms with van der Waals surface area (Å²) in [6.07, 6.45) is 2.99. The summed E-state index contributed by atoms with van der Waals surface area (Å²) in [6, 6.07) is 3.26. The Morgan fingerprint density at radius 3 is 3.00 bits per heavy atom. The largest absolute Gasteiger partial charge is 0.391 e. The van der Waals surface area contributed by atoms with Gasteiger partial charge < -0.3 is 4.18 Å². The molecule has 10 heavy (non-hydrogen) atoms. The summed E-state index contributed by atoms with van der Waals surface area (Å²) < 4.78 is 4.15. The molecule has 0 amide bonds. The minimum absolute atomic E-state index is 0.400. The fourth-order valence-electron chi connectivity index (χ4n) is 0.536. The number of carbonyl (C=O) groups excluding carboxylic acids is 1. The molecule has 0 spiro atoms. The van der Waals surface area contributed by atoms with Crippen LogP contribution in [0.25, 0.3) is 0 Å². The SMILES string of the molecule is O=C(OS)c1cccnc1. The van der Waals surface area contributed by atoms with Gasteiger partial charge in [0, 0.05) is 25.3 Å². The van der Waals surface area contributed by atoms with Crippen LogP contribution in [0.15, 0.2) is 24.5 Å². The van der Waals surface area contributed by atoms with E-state index in [2.05, 4.69) is 22.1 Å². The van der Waals surface area contributed by atoms with Gasteiger partial charge in [0.1, 0.15) is 0 Å². The molecule has 0 aromatic carbocycles. The highest BCUT2D eigenvalue weighted by molar-refractivity contribution is 7.75. The third kappa shape index (κ3) is 1.48. The summed E-state index contributed by atoms with van der Waals surface area (Å²) >= 11 is 3.35. The lowest BCUT2D eigenvalue weighted by Crippen LogP contribution is -1.97. The van der Waals surface area contributed by atoms with Crippen molar-refractivity contribution in [1.29, 1.82) is 0 Å². The first kappa shape index (κ1) is 7.08. The van der Waals surface area contributed by atoms with Crippen molar-refractivity contribution in [1.82, 2.24) is 4.98 Å². The third-order valence-corrected chi connectivity index (χ3v) is 1.15. The lowest BCUT2D eigenvalue weighted by Gasteiger charge is -1.93. The molecule has 3 nitrogen and oxygen atoms in total. The normalized spacial score (nSPS) is 8.90. The van der Waals surface area contributed by atoms with E-state index in [9.17, 15) is 4.79 Å². The molecule has 1 heterocycles. The maximum Gasteiger partial charge on any atom is 0.351 e. The summed E-state index contributed by atoms with van der Waals surface area (Å²) in [6.45, 7) is 0. The second kappa shape index (κ2) is 3.22. The molecule has 0 aliphatic heterocycles. The average molecular weight is 155 g/mol. The van der Waals surface area contributed by atoms with Crippen LogP contribution in [0.3, 0.4) is 0 Å². The first-order valence-corrected chi connectivity index (χ1v) is 2.97. The first-order chi connectivity index (χ1) is 4.84. The van der Waals surface area contributed by atoms with E-state index in [1.54, 1.807) is 18.3 Å². The summed E-state index contributed by atoms with van der Waals surface area (Å²) in [4.78, 5) is 14.4. The molecular weight excluding hydrogens is 150 g/mol. The van der Waals surface area contributed by atoms with Crippen molar-refractivity contribution in [2.75, 3.05) is 0 Å². The van der Waals surface area contributed by atoms with Crippen molar-refractivity contribution in [3.63, 3.8) is 0 Å². The Morgan fingerprint density at radius 1 is 1.70 bits per heavy atom. The molecule has 0 aliphatic carbocycles. The minimum atomic E-state index is -0.489. The summed E-state index contributed by atoms with van der Waals surface area (Å²) in [5, 5.41) is 0. The van der Waals surface area contributed by atoms with Crippen molar-refractivity contribution in [2.24, 2.45) is 0 Å². The van der Waals surface area contributed by atoms with E-state index in [-0.39, 0.29) is 0 Å². The highest BCUT2D eigenvalue weighted by Crippen LogP contribution is 1.98. The van der Waals surface area contributed by atoms with Crippen molar-refractivity contribution in [2.45, 2.75) is 0 Å². The van der Waals surface area contributed by atoms with Gasteiger partial charge in [-0.3, -0.25) is 4.98 Å². The van der Waals surface area contributed by atoms with E-state index in [1.165, 1.54) is 6.20 Å². The van der Waals surface area contributed by atoms with Gasteiger partial charge in [-0.1, -0.05) is 0 Å². The van der Waals surface area contributed by atoms with Crippen LogP contribution in [-0.4, -0.2) is 11.0 Å². The summed E-state index contributed by atoms with van der Waals surface area (Å²) in [5.74, 6) is -0.489. The number of pyridine rings is 1. The molecule has 0 bridgehead atoms. The third-order valence-electron chi connectivity index (χ3n) is 0.980. The second-order valence-corrected chi connectivity index (χ2v) is 1.80. The van der Waals surface area contributed by atoms with Gasteiger partial charge in [0.15, 0.2) is 0 Å². The number of nitrogens with zero attached hydrogens (tertiary/aromatic N) is 1. The van der Waals surface area contributed by atoms with Gasteiger partial charge in [0.25, 0.3) is 0 Å². The second-order valence-electron chi connectivity index (χ2n) is 1.62. The molecule has 0 atom stereocenters. The van der Waals surface area contributed by atoms with Crippen LogP contribution in [0.4, 0.5) is 0 Å².